The number of nitrogens with one attached hydrogen (secondary N) is 2. The van der Waals surface area contributed by atoms with E-state index in [0.717, 1.165) is 5.56 Å². The maximum atomic E-state index is 11.7. The van der Waals surface area contributed by atoms with Crippen LogP contribution in [0.5, 0.6) is 0 Å². The molecule has 0 bridgehead atoms. The molecule has 0 unspecified atom stereocenters. The van der Waals surface area contributed by atoms with Gasteiger partial charge in [-0.2, -0.15) is 0 Å². The van der Waals surface area contributed by atoms with Crippen molar-refractivity contribution in [3.63, 3.8) is 0 Å². The molecule has 0 radical (unpaired) electrons. The van der Waals surface area contributed by atoms with E-state index < -0.39 is 18.4 Å². The van der Waals surface area contributed by atoms with Crippen LogP contribution in [0.15, 0.2) is 46.2 Å². The molecule has 2 heterocycles. The van der Waals surface area contributed by atoms with Gasteiger partial charge in [-0.3, -0.25) is 9.78 Å². The Morgan fingerprint density at radius 3 is 2.57 bits per heavy atom. The molecule has 1 aromatic carbocycles. The molecule has 0 aliphatic carbocycles. The van der Waals surface area contributed by atoms with Crippen LogP contribution in [-0.4, -0.2) is 42.1 Å². The summed E-state index contributed by atoms with van der Waals surface area (Å²) in [6.45, 7) is 0.399. The molecule has 3 aromatic rings. The summed E-state index contributed by atoms with van der Waals surface area (Å²) >= 11 is 0. The van der Waals surface area contributed by atoms with Crippen LogP contribution in [0.1, 0.15) is 5.56 Å². The average molecular weight is 313 g/mol. The van der Waals surface area contributed by atoms with E-state index in [1.165, 1.54) is 10.9 Å². The van der Waals surface area contributed by atoms with Gasteiger partial charge in [-0.25, -0.2) is 9.48 Å². The first-order valence-electron chi connectivity index (χ1n) is 6.70. The maximum absolute atomic E-state index is 11.7. The van der Waals surface area contributed by atoms with Crippen LogP contribution in [0.3, 0.4) is 0 Å². The number of hydrogen-bond acceptors (Lipinski definition) is 6. The quantitative estimate of drug-likeness (QED) is 0.413. The molecule has 0 saturated carbocycles. The van der Waals surface area contributed by atoms with Crippen molar-refractivity contribution in [3.8, 4) is 11.3 Å². The van der Waals surface area contributed by atoms with Gasteiger partial charge in [-0.15, -0.1) is 5.10 Å². The Morgan fingerprint density at radius 1 is 1.17 bits per heavy atom. The Kier molecular flexibility index (Phi) is 3.92. The van der Waals surface area contributed by atoms with E-state index >= 15 is 0 Å². The third-order valence-electron chi connectivity index (χ3n) is 3.26. The number of benzene rings is 1. The minimum atomic E-state index is -1.51. The molecule has 23 heavy (non-hydrogen) atoms. The van der Waals surface area contributed by atoms with Gasteiger partial charge < -0.3 is 15.0 Å². The predicted molar refractivity (Wildman–Crippen MR) is 82.1 cm³/mol. The van der Waals surface area contributed by atoms with Crippen molar-refractivity contribution in [2.45, 2.75) is 6.54 Å². The lowest BCUT2D eigenvalue weighted by Gasteiger charge is -2.03. The molecule has 0 saturated heterocycles. The van der Waals surface area contributed by atoms with Crippen molar-refractivity contribution >= 4 is 12.6 Å². The zero-order valence-corrected chi connectivity index (χ0v) is 11.8. The number of hydrogen-bond donors (Lipinski definition) is 4. The summed E-state index contributed by atoms with van der Waals surface area (Å²) < 4.78 is 1.53. The molecule has 0 spiro atoms. The standard InChI is InChI=1S/C13H12BN5O4/c20-12-10(5-15-13(21)16-12)11-7-19(18-17-11)6-8-1-3-9(4-2-8)14(22)23/h1-5,7,22-23H,6H2,(H2,15,16,20,21). The van der Waals surface area contributed by atoms with E-state index in [0.29, 0.717) is 17.7 Å². The number of aromatic amines is 2. The molecule has 4 N–H and O–H groups in total. The first-order valence-corrected chi connectivity index (χ1v) is 6.70. The van der Waals surface area contributed by atoms with Gasteiger partial charge in [0, 0.05) is 6.20 Å². The monoisotopic (exact) mass is 313 g/mol. The zero-order valence-electron chi connectivity index (χ0n) is 11.8. The molecular formula is C13H12BN5O4. The molecule has 9 nitrogen and oxygen atoms in total. The van der Waals surface area contributed by atoms with Gasteiger partial charge in [0.1, 0.15) is 5.69 Å². The maximum Gasteiger partial charge on any atom is 0.488 e. The van der Waals surface area contributed by atoms with Crippen LogP contribution in [0.25, 0.3) is 11.3 Å². The minimum absolute atomic E-state index is 0.217. The van der Waals surface area contributed by atoms with E-state index in [4.69, 9.17) is 10.0 Å². The Morgan fingerprint density at radius 2 is 1.91 bits per heavy atom. The summed E-state index contributed by atoms with van der Waals surface area (Å²) in [4.78, 5) is 27.2. The number of H-pyrrole nitrogens is 2. The minimum Gasteiger partial charge on any atom is -0.423 e. The van der Waals surface area contributed by atoms with Crippen LogP contribution in [0, 0.1) is 0 Å². The fourth-order valence-corrected chi connectivity index (χ4v) is 2.08. The largest absolute Gasteiger partial charge is 0.488 e. The topological polar surface area (TPSA) is 137 Å². The van der Waals surface area contributed by atoms with Gasteiger partial charge in [0.2, 0.25) is 0 Å². The van der Waals surface area contributed by atoms with E-state index in [2.05, 4.69) is 20.3 Å². The average Bonchev–Trinajstić information content (AvgIpc) is 2.96. The molecule has 0 atom stereocenters. The van der Waals surface area contributed by atoms with E-state index in [1.54, 1.807) is 30.5 Å². The highest BCUT2D eigenvalue weighted by Crippen LogP contribution is 2.09. The van der Waals surface area contributed by atoms with Crippen molar-refractivity contribution in [1.82, 2.24) is 25.0 Å². The van der Waals surface area contributed by atoms with Gasteiger partial charge in [0.15, 0.2) is 0 Å². The first-order chi connectivity index (χ1) is 11.0. The third kappa shape index (κ3) is 3.28. The highest BCUT2D eigenvalue weighted by molar-refractivity contribution is 6.58. The van der Waals surface area contributed by atoms with Crippen molar-refractivity contribution in [2.75, 3.05) is 0 Å². The second-order valence-corrected chi connectivity index (χ2v) is 4.90. The van der Waals surface area contributed by atoms with Gasteiger partial charge in [0.05, 0.1) is 18.3 Å². The van der Waals surface area contributed by atoms with Crippen LogP contribution in [0.4, 0.5) is 0 Å². The summed E-state index contributed by atoms with van der Waals surface area (Å²) in [6.07, 6.45) is 2.87. The highest BCUT2D eigenvalue weighted by atomic mass is 16.4. The summed E-state index contributed by atoms with van der Waals surface area (Å²) in [7, 11) is -1.51. The Balaban J connectivity index is 1.82. The van der Waals surface area contributed by atoms with Crippen molar-refractivity contribution in [1.29, 1.82) is 0 Å². The molecule has 0 amide bonds. The van der Waals surface area contributed by atoms with Crippen molar-refractivity contribution < 1.29 is 10.0 Å². The zero-order chi connectivity index (χ0) is 16.4. The van der Waals surface area contributed by atoms with E-state index in [9.17, 15) is 9.59 Å². The molecule has 0 aliphatic heterocycles. The van der Waals surface area contributed by atoms with Gasteiger partial charge in [-0.05, 0) is 11.0 Å². The molecule has 10 heteroatoms. The van der Waals surface area contributed by atoms with Gasteiger partial charge >= 0.3 is 12.8 Å². The fraction of sp³-hybridized carbons (Fsp3) is 0.0769. The highest BCUT2D eigenvalue weighted by Gasteiger charge is 2.11. The van der Waals surface area contributed by atoms with E-state index in [-0.39, 0.29) is 5.56 Å². The van der Waals surface area contributed by atoms with Crippen LogP contribution in [0.2, 0.25) is 0 Å². The normalized spacial score (nSPS) is 10.7. The van der Waals surface area contributed by atoms with Crippen LogP contribution in [-0.2, 0) is 6.54 Å². The second kappa shape index (κ2) is 6.03. The molecule has 0 aliphatic rings. The lowest BCUT2D eigenvalue weighted by atomic mass is 9.80. The number of nitrogens with zero attached hydrogens (tertiary/aromatic N) is 3. The van der Waals surface area contributed by atoms with Gasteiger partial charge in [-0.1, -0.05) is 29.5 Å². The Bertz CT molecular complexity index is 928. The summed E-state index contributed by atoms with van der Waals surface area (Å²) in [6, 6.07) is 6.68. The lowest BCUT2D eigenvalue weighted by molar-refractivity contribution is 0.426. The number of aromatic nitrogens is 5. The van der Waals surface area contributed by atoms with Crippen molar-refractivity contribution in [2.24, 2.45) is 0 Å². The molecule has 2 aromatic heterocycles. The summed E-state index contributed by atoms with van der Waals surface area (Å²) in [5.74, 6) is 0. The lowest BCUT2D eigenvalue weighted by Crippen LogP contribution is -2.29. The molecule has 3 rings (SSSR count). The fourth-order valence-electron chi connectivity index (χ4n) is 2.08. The van der Waals surface area contributed by atoms with E-state index in [1.807, 2.05) is 0 Å². The van der Waals surface area contributed by atoms with Crippen LogP contribution >= 0.6 is 0 Å². The Hall–Kier alpha value is -2.98. The third-order valence-corrected chi connectivity index (χ3v) is 3.26. The van der Waals surface area contributed by atoms with Gasteiger partial charge in [0.25, 0.3) is 5.56 Å². The predicted octanol–water partition coefficient (Wildman–Crippen LogP) is -1.95. The second-order valence-electron chi connectivity index (χ2n) is 4.90. The van der Waals surface area contributed by atoms with Crippen molar-refractivity contribution in [3.05, 3.63) is 63.1 Å². The smallest absolute Gasteiger partial charge is 0.423 e. The van der Waals surface area contributed by atoms with Crippen LogP contribution < -0.4 is 16.7 Å². The SMILES string of the molecule is O=c1[nH]cc(-c2cn(Cc3ccc(B(O)O)cc3)nn2)c(=O)[nH]1. The first kappa shape index (κ1) is 14.9. The number of rotatable bonds is 4. The molecular weight excluding hydrogens is 301 g/mol. The summed E-state index contributed by atoms with van der Waals surface area (Å²) in [5.41, 5.74) is 0.702. The summed E-state index contributed by atoms with van der Waals surface area (Å²) in [5, 5.41) is 25.9. The molecule has 0 fully saturated rings. The Labute approximate surface area is 129 Å². The molecule has 116 valence electrons.